The molecule has 0 atom stereocenters. The van der Waals surface area contributed by atoms with Gasteiger partial charge in [0.05, 0.1) is 5.75 Å². The Morgan fingerprint density at radius 3 is 0.977 bits per heavy atom. The molecule has 0 saturated heterocycles. The Morgan fingerprint density at radius 1 is 0.432 bits per heavy atom. The monoisotopic (exact) mass is 643 g/mol. The Bertz CT molecular complexity index is 771. The van der Waals surface area contributed by atoms with Crippen molar-refractivity contribution in [3.05, 3.63) is 0 Å². The molecule has 0 aromatic rings. The van der Waals surface area contributed by atoms with Crippen LogP contribution in [0.15, 0.2) is 0 Å². The van der Waals surface area contributed by atoms with Crippen LogP contribution in [0, 0.1) is 0 Å². The van der Waals surface area contributed by atoms with E-state index in [1.165, 1.54) is 116 Å². The van der Waals surface area contributed by atoms with E-state index in [4.69, 9.17) is 5.11 Å². The summed E-state index contributed by atoms with van der Waals surface area (Å²) in [6.07, 6.45) is 29.9. The Hall–Kier alpha value is -1.44. The lowest BCUT2D eigenvalue weighted by Crippen LogP contribution is -2.43. The van der Waals surface area contributed by atoms with Gasteiger partial charge < -0.3 is 5.11 Å². The van der Waals surface area contributed by atoms with E-state index in [-0.39, 0.29) is 25.7 Å². The number of hydrogen-bond acceptors (Lipinski definition) is 5. The average Bonchev–Trinajstić information content (AvgIpc) is 2.97. The number of unbranched alkanes of at least 4 members (excludes halogenated alkanes) is 24. The molecule has 0 spiro atoms. The van der Waals surface area contributed by atoms with Crippen LogP contribution in [0.25, 0.3) is 0 Å². The molecule has 0 aromatic heterocycles. The fourth-order valence-electron chi connectivity index (χ4n) is 5.74. The van der Waals surface area contributed by atoms with E-state index < -0.39 is 33.6 Å². The number of imide groups is 1. The van der Waals surface area contributed by atoms with Gasteiger partial charge >= 0.3 is 5.97 Å². The van der Waals surface area contributed by atoms with E-state index in [2.05, 4.69) is 13.8 Å². The fourth-order valence-corrected chi connectivity index (χ4v) is 7.23. The van der Waals surface area contributed by atoms with Gasteiger partial charge in [-0.15, -0.1) is 0 Å². The number of carbonyl (C=O) groups excluding carboxylic acids is 2. The molecule has 8 heteroatoms. The molecule has 2 amide bonds. The summed E-state index contributed by atoms with van der Waals surface area (Å²) in [5.41, 5.74) is 0. The van der Waals surface area contributed by atoms with Gasteiger partial charge in [-0.25, -0.2) is 8.42 Å². The SMILES string of the molecule is CCCCCCCCCCCCCCCC(=O)N(C(=O)CCCCCCCCCCCCCCC)S(=O)(=O)CCCC(=O)O. The molecular formula is C36H69NO6S. The maximum Gasteiger partial charge on any atom is 0.303 e. The lowest BCUT2D eigenvalue weighted by atomic mass is 10.0. The summed E-state index contributed by atoms with van der Waals surface area (Å²) in [5, 5.41) is 8.90. The van der Waals surface area contributed by atoms with Crippen molar-refractivity contribution in [2.75, 3.05) is 5.75 Å². The topological polar surface area (TPSA) is 109 Å². The van der Waals surface area contributed by atoms with Crippen molar-refractivity contribution in [2.24, 2.45) is 0 Å². The number of amides is 2. The zero-order chi connectivity index (χ0) is 32.7. The smallest absolute Gasteiger partial charge is 0.303 e. The first-order chi connectivity index (χ1) is 21.3. The minimum atomic E-state index is -4.18. The number of carboxylic acids is 1. The standard InChI is InChI=1S/C36H69NO6S/c1-3-5-7-9-11-13-15-17-19-21-23-25-27-30-34(38)37(44(42,43)33-29-32-36(40)41)35(39)31-28-26-24-22-20-18-16-14-12-10-8-6-4-2/h3-33H2,1-2H3,(H,40,41). The minimum absolute atomic E-state index is 0.0280. The first-order valence-corrected chi connectivity index (χ1v) is 20.2. The van der Waals surface area contributed by atoms with Crippen LogP contribution in [0.1, 0.15) is 206 Å². The van der Waals surface area contributed by atoms with Gasteiger partial charge in [0, 0.05) is 19.3 Å². The molecule has 0 unspecified atom stereocenters. The van der Waals surface area contributed by atoms with Gasteiger partial charge in [-0.2, -0.15) is 4.31 Å². The molecule has 0 aliphatic heterocycles. The van der Waals surface area contributed by atoms with Crippen LogP contribution in [0.3, 0.4) is 0 Å². The number of hydrogen-bond donors (Lipinski definition) is 1. The largest absolute Gasteiger partial charge is 0.481 e. The summed E-state index contributed by atoms with van der Waals surface area (Å²) < 4.78 is 26.4. The van der Waals surface area contributed by atoms with Crippen molar-refractivity contribution in [1.29, 1.82) is 0 Å². The highest BCUT2D eigenvalue weighted by Crippen LogP contribution is 2.18. The minimum Gasteiger partial charge on any atom is -0.481 e. The molecule has 0 aromatic carbocycles. The molecular weight excluding hydrogens is 574 g/mol. The Morgan fingerprint density at radius 2 is 0.705 bits per heavy atom. The lowest BCUT2D eigenvalue weighted by Gasteiger charge is -2.21. The third-order valence-electron chi connectivity index (χ3n) is 8.51. The quantitative estimate of drug-likeness (QED) is 0.0713. The number of sulfonamides is 1. The Kier molecular flexibility index (Phi) is 29.2. The van der Waals surface area contributed by atoms with Crippen molar-refractivity contribution in [3.8, 4) is 0 Å². The molecule has 7 nitrogen and oxygen atoms in total. The van der Waals surface area contributed by atoms with E-state index in [1.54, 1.807) is 0 Å². The summed E-state index contributed by atoms with van der Waals surface area (Å²) >= 11 is 0. The van der Waals surface area contributed by atoms with Gasteiger partial charge in [0.2, 0.25) is 21.8 Å². The fraction of sp³-hybridized carbons (Fsp3) is 0.917. The van der Waals surface area contributed by atoms with Gasteiger partial charge in [0.25, 0.3) is 0 Å². The molecule has 0 radical (unpaired) electrons. The number of aliphatic carboxylic acids is 1. The molecule has 0 aliphatic rings. The van der Waals surface area contributed by atoms with E-state index in [1.807, 2.05) is 0 Å². The van der Waals surface area contributed by atoms with Crippen LogP contribution in [0.4, 0.5) is 0 Å². The van der Waals surface area contributed by atoms with E-state index in [0.29, 0.717) is 17.1 Å². The van der Waals surface area contributed by atoms with Crippen LogP contribution in [-0.2, 0) is 24.4 Å². The van der Waals surface area contributed by atoms with Crippen LogP contribution >= 0.6 is 0 Å². The summed E-state index contributed by atoms with van der Waals surface area (Å²) in [7, 11) is -4.18. The molecule has 0 bridgehead atoms. The molecule has 0 heterocycles. The Balaban J connectivity index is 4.36. The van der Waals surface area contributed by atoms with Crippen molar-refractivity contribution in [1.82, 2.24) is 4.31 Å². The van der Waals surface area contributed by atoms with Crippen LogP contribution < -0.4 is 0 Å². The average molecular weight is 644 g/mol. The molecule has 260 valence electrons. The molecule has 1 N–H and O–H groups in total. The van der Waals surface area contributed by atoms with Crippen molar-refractivity contribution in [3.63, 3.8) is 0 Å². The second kappa shape index (κ2) is 30.2. The third-order valence-corrected chi connectivity index (χ3v) is 10.3. The van der Waals surface area contributed by atoms with Gasteiger partial charge in [0.15, 0.2) is 0 Å². The maximum absolute atomic E-state index is 13.0. The van der Waals surface area contributed by atoms with Gasteiger partial charge in [-0.1, -0.05) is 168 Å². The lowest BCUT2D eigenvalue weighted by molar-refractivity contribution is -0.139. The summed E-state index contributed by atoms with van der Waals surface area (Å²) in [4.78, 5) is 36.8. The molecule has 44 heavy (non-hydrogen) atoms. The van der Waals surface area contributed by atoms with E-state index in [9.17, 15) is 22.8 Å². The third kappa shape index (κ3) is 25.8. The van der Waals surface area contributed by atoms with Crippen LogP contribution in [0.2, 0.25) is 0 Å². The highest BCUT2D eigenvalue weighted by Gasteiger charge is 2.32. The number of rotatable bonds is 33. The van der Waals surface area contributed by atoms with Crippen LogP contribution in [0.5, 0.6) is 0 Å². The van der Waals surface area contributed by atoms with Gasteiger partial charge in [0.1, 0.15) is 0 Å². The second-order valence-corrected chi connectivity index (χ2v) is 14.8. The zero-order valence-electron chi connectivity index (χ0n) is 28.8. The van der Waals surface area contributed by atoms with E-state index in [0.717, 1.165) is 38.5 Å². The number of carboxylic acid groups (broad SMARTS) is 1. The highest BCUT2D eigenvalue weighted by atomic mass is 32.2. The zero-order valence-corrected chi connectivity index (χ0v) is 29.6. The number of carbonyl (C=O) groups is 3. The van der Waals surface area contributed by atoms with Crippen LogP contribution in [-0.4, -0.2) is 41.4 Å². The molecule has 0 rings (SSSR count). The van der Waals surface area contributed by atoms with Crippen molar-refractivity contribution >= 4 is 27.8 Å². The maximum atomic E-state index is 13.0. The molecule has 0 fully saturated rings. The van der Waals surface area contributed by atoms with Gasteiger partial charge in [-0.05, 0) is 19.3 Å². The second-order valence-electron chi connectivity index (χ2n) is 12.9. The highest BCUT2D eigenvalue weighted by molar-refractivity contribution is 7.90. The summed E-state index contributed by atoms with van der Waals surface area (Å²) in [6, 6.07) is 0. The normalized spacial score (nSPS) is 11.6. The van der Waals surface area contributed by atoms with Crippen molar-refractivity contribution < 1.29 is 27.9 Å². The predicted octanol–water partition coefficient (Wildman–Crippen LogP) is 10.5. The Labute approximate surface area is 271 Å². The summed E-state index contributed by atoms with van der Waals surface area (Å²) in [5.74, 6) is -2.93. The first kappa shape index (κ1) is 42.6. The van der Waals surface area contributed by atoms with Gasteiger partial charge in [-0.3, -0.25) is 14.4 Å². The molecule has 0 aliphatic carbocycles. The number of nitrogens with zero attached hydrogens (tertiary/aromatic N) is 1. The first-order valence-electron chi connectivity index (χ1n) is 18.6. The van der Waals surface area contributed by atoms with Crippen molar-refractivity contribution in [2.45, 2.75) is 206 Å². The predicted molar refractivity (Wildman–Crippen MR) is 183 cm³/mol. The summed E-state index contributed by atoms with van der Waals surface area (Å²) in [6.45, 7) is 4.47. The van der Waals surface area contributed by atoms with E-state index >= 15 is 0 Å². The molecule has 0 saturated carbocycles.